The van der Waals surface area contributed by atoms with E-state index in [-0.39, 0.29) is 12.1 Å². The van der Waals surface area contributed by atoms with Crippen molar-refractivity contribution in [2.45, 2.75) is 25.9 Å². The van der Waals surface area contributed by atoms with Gasteiger partial charge in [-0.1, -0.05) is 6.07 Å². The fourth-order valence-electron chi connectivity index (χ4n) is 2.88. The Morgan fingerprint density at radius 3 is 2.67 bits per heavy atom. The highest BCUT2D eigenvalue weighted by atomic mass is 32.1. The molecule has 1 unspecified atom stereocenters. The molecule has 1 aliphatic heterocycles. The van der Waals surface area contributed by atoms with E-state index in [0.717, 1.165) is 27.5 Å². The molecule has 27 heavy (non-hydrogen) atoms. The number of imide groups is 1. The van der Waals surface area contributed by atoms with Gasteiger partial charge in [0.2, 0.25) is 5.91 Å². The summed E-state index contributed by atoms with van der Waals surface area (Å²) in [6, 6.07) is 3.85. The Morgan fingerprint density at radius 1 is 1.30 bits per heavy atom. The van der Waals surface area contributed by atoms with Crippen molar-refractivity contribution in [1.29, 1.82) is 0 Å². The van der Waals surface area contributed by atoms with E-state index in [4.69, 9.17) is 0 Å². The molecule has 0 bridgehead atoms. The van der Waals surface area contributed by atoms with Crippen molar-refractivity contribution in [3.05, 3.63) is 57.3 Å². The number of rotatable bonds is 5. The lowest BCUT2D eigenvalue weighted by atomic mass is 9.91. The number of thiophene rings is 1. The third-order valence-corrected chi connectivity index (χ3v) is 5.48. The number of benzene rings is 1. The first-order valence-corrected chi connectivity index (χ1v) is 8.99. The zero-order valence-electron chi connectivity index (χ0n) is 14.6. The SMILES string of the molecule is Cc1ccsc1CNC(=O)CN1C(=O)NC(C)(c2ccc(F)cc2F)C1=O. The number of nitrogens with zero attached hydrogens (tertiary/aromatic N) is 1. The number of hydrogen-bond acceptors (Lipinski definition) is 4. The summed E-state index contributed by atoms with van der Waals surface area (Å²) in [6.45, 7) is 3.03. The second-order valence-corrected chi connectivity index (χ2v) is 7.37. The van der Waals surface area contributed by atoms with E-state index < -0.39 is 41.6 Å². The molecule has 0 spiro atoms. The Kier molecular flexibility index (Phi) is 4.97. The lowest BCUT2D eigenvalue weighted by Crippen LogP contribution is -2.43. The molecule has 1 aromatic carbocycles. The number of aryl methyl sites for hydroxylation is 1. The van der Waals surface area contributed by atoms with Gasteiger partial charge in [0.15, 0.2) is 0 Å². The maximum Gasteiger partial charge on any atom is 0.325 e. The van der Waals surface area contributed by atoms with E-state index in [9.17, 15) is 23.2 Å². The number of hydrogen-bond donors (Lipinski definition) is 2. The van der Waals surface area contributed by atoms with Crippen molar-refractivity contribution in [2.24, 2.45) is 0 Å². The molecule has 6 nitrogen and oxygen atoms in total. The number of nitrogens with one attached hydrogen (secondary N) is 2. The first-order chi connectivity index (χ1) is 12.7. The standard InChI is InChI=1S/C18H17F2N3O3S/c1-10-5-6-27-14(10)8-21-15(24)9-23-16(25)18(2,22-17(23)26)12-4-3-11(19)7-13(12)20/h3-7H,8-9H2,1-2H3,(H,21,24)(H,22,26). The van der Waals surface area contributed by atoms with E-state index >= 15 is 0 Å². The summed E-state index contributed by atoms with van der Waals surface area (Å²) in [5.41, 5.74) is -0.839. The fraction of sp³-hybridized carbons (Fsp3) is 0.278. The van der Waals surface area contributed by atoms with E-state index in [1.54, 1.807) is 0 Å². The zero-order chi connectivity index (χ0) is 19.8. The summed E-state index contributed by atoms with van der Waals surface area (Å²) in [7, 11) is 0. The summed E-state index contributed by atoms with van der Waals surface area (Å²) >= 11 is 1.49. The number of amides is 4. The molecule has 2 N–H and O–H groups in total. The summed E-state index contributed by atoms with van der Waals surface area (Å²) in [5.74, 6) is -3.04. The molecule has 9 heteroatoms. The van der Waals surface area contributed by atoms with Crippen LogP contribution in [0.2, 0.25) is 0 Å². The molecule has 142 valence electrons. The lowest BCUT2D eigenvalue weighted by molar-refractivity contribution is -0.134. The number of urea groups is 1. The average Bonchev–Trinajstić information content (AvgIpc) is 3.09. The molecular weight excluding hydrogens is 376 g/mol. The zero-order valence-corrected chi connectivity index (χ0v) is 15.5. The summed E-state index contributed by atoms with van der Waals surface area (Å²) in [5, 5.41) is 6.94. The predicted molar refractivity (Wildman–Crippen MR) is 94.9 cm³/mol. The number of carbonyl (C=O) groups is 3. The minimum absolute atomic E-state index is 0.167. The molecule has 4 amide bonds. The topological polar surface area (TPSA) is 78.5 Å². The maximum atomic E-state index is 14.1. The summed E-state index contributed by atoms with van der Waals surface area (Å²) in [6.07, 6.45) is 0. The van der Waals surface area contributed by atoms with Crippen LogP contribution < -0.4 is 10.6 Å². The maximum absolute atomic E-state index is 14.1. The van der Waals surface area contributed by atoms with Crippen LogP contribution in [0.4, 0.5) is 13.6 Å². The van der Waals surface area contributed by atoms with Crippen molar-refractivity contribution in [3.8, 4) is 0 Å². The van der Waals surface area contributed by atoms with Crippen molar-refractivity contribution in [2.75, 3.05) is 6.54 Å². The van der Waals surface area contributed by atoms with Crippen LogP contribution in [0.3, 0.4) is 0 Å². The van der Waals surface area contributed by atoms with Gasteiger partial charge in [-0.15, -0.1) is 11.3 Å². The molecule has 1 saturated heterocycles. The van der Waals surface area contributed by atoms with Crippen LogP contribution in [0.5, 0.6) is 0 Å². The number of carbonyl (C=O) groups excluding carboxylic acids is 3. The highest BCUT2D eigenvalue weighted by molar-refractivity contribution is 7.10. The molecule has 0 saturated carbocycles. The van der Waals surface area contributed by atoms with E-state index in [2.05, 4.69) is 10.6 Å². The molecule has 1 atom stereocenters. The molecule has 2 aromatic rings. The normalized spacial score (nSPS) is 19.3. The van der Waals surface area contributed by atoms with Gasteiger partial charge in [0.05, 0.1) is 6.54 Å². The Labute approximate surface area is 158 Å². The van der Waals surface area contributed by atoms with Crippen LogP contribution in [-0.2, 0) is 21.7 Å². The van der Waals surface area contributed by atoms with Crippen LogP contribution in [0.1, 0.15) is 22.9 Å². The van der Waals surface area contributed by atoms with Crippen LogP contribution in [0.25, 0.3) is 0 Å². The molecule has 2 heterocycles. The van der Waals surface area contributed by atoms with Crippen molar-refractivity contribution in [3.63, 3.8) is 0 Å². The molecular formula is C18H17F2N3O3S. The highest BCUT2D eigenvalue weighted by Gasteiger charge is 2.50. The molecule has 0 radical (unpaired) electrons. The quantitative estimate of drug-likeness (QED) is 0.766. The highest BCUT2D eigenvalue weighted by Crippen LogP contribution is 2.30. The Bertz CT molecular complexity index is 930. The van der Waals surface area contributed by atoms with E-state index in [0.29, 0.717) is 6.07 Å². The van der Waals surface area contributed by atoms with Gasteiger partial charge in [-0.2, -0.15) is 0 Å². The number of halogens is 2. The second kappa shape index (κ2) is 7.07. The second-order valence-electron chi connectivity index (χ2n) is 6.37. The van der Waals surface area contributed by atoms with Gasteiger partial charge in [0, 0.05) is 16.5 Å². The van der Waals surface area contributed by atoms with Crippen LogP contribution in [-0.4, -0.2) is 29.3 Å². The predicted octanol–water partition coefficient (Wildman–Crippen LogP) is 2.42. The largest absolute Gasteiger partial charge is 0.350 e. The third kappa shape index (κ3) is 3.55. The minimum Gasteiger partial charge on any atom is -0.350 e. The monoisotopic (exact) mass is 393 g/mol. The Balaban J connectivity index is 1.72. The Morgan fingerprint density at radius 2 is 2.04 bits per heavy atom. The molecule has 1 aromatic heterocycles. The average molecular weight is 393 g/mol. The van der Waals surface area contributed by atoms with Gasteiger partial charge in [-0.05, 0) is 36.9 Å². The minimum atomic E-state index is -1.71. The van der Waals surface area contributed by atoms with Gasteiger partial charge in [0.1, 0.15) is 23.7 Å². The van der Waals surface area contributed by atoms with Crippen LogP contribution >= 0.6 is 11.3 Å². The van der Waals surface area contributed by atoms with Crippen molar-refractivity contribution >= 4 is 29.2 Å². The third-order valence-electron chi connectivity index (χ3n) is 4.46. The molecule has 0 aliphatic carbocycles. The van der Waals surface area contributed by atoms with Crippen LogP contribution in [0.15, 0.2) is 29.6 Å². The van der Waals surface area contributed by atoms with Gasteiger partial charge in [0.25, 0.3) is 5.91 Å². The van der Waals surface area contributed by atoms with E-state index in [1.165, 1.54) is 18.3 Å². The Hall–Kier alpha value is -2.81. The first-order valence-electron chi connectivity index (χ1n) is 8.11. The van der Waals surface area contributed by atoms with Crippen molar-refractivity contribution < 1.29 is 23.2 Å². The smallest absolute Gasteiger partial charge is 0.325 e. The van der Waals surface area contributed by atoms with E-state index in [1.807, 2.05) is 18.4 Å². The van der Waals surface area contributed by atoms with Gasteiger partial charge in [-0.25, -0.2) is 13.6 Å². The first kappa shape index (κ1) is 19.0. The molecule has 1 fully saturated rings. The fourth-order valence-corrected chi connectivity index (χ4v) is 3.73. The van der Waals surface area contributed by atoms with Crippen LogP contribution in [0, 0.1) is 18.6 Å². The summed E-state index contributed by atoms with van der Waals surface area (Å²) < 4.78 is 27.2. The summed E-state index contributed by atoms with van der Waals surface area (Å²) in [4.78, 5) is 38.7. The van der Waals surface area contributed by atoms with Gasteiger partial charge < -0.3 is 10.6 Å². The lowest BCUT2D eigenvalue weighted by Gasteiger charge is -2.22. The van der Waals surface area contributed by atoms with Gasteiger partial charge in [-0.3, -0.25) is 14.5 Å². The molecule has 1 aliphatic rings. The van der Waals surface area contributed by atoms with Crippen molar-refractivity contribution in [1.82, 2.24) is 15.5 Å². The van der Waals surface area contributed by atoms with Gasteiger partial charge >= 0.3 is 6.03 Å². The molecule has 3 rings (SSSR count).